The zero-order valence-electron chi connectivity index (χ0n) is 9.75. The molecule has 1 rings (SSSR count). The molecule has 0 bridgehead atoms. The summed E-state index contributed by atoms with van der Waals surface area (Å²) < 4.78 is 0. The molecule has 0 radical (unpaired) electrons. The topological polar surface area (TPSA) is 49.4 Å². The van der Waals surface area contributed by atoms with Crippen LogP contribution in [0.1, 0.15) is 33.6 Å². The van der Waals surface area contributed by atoms with Gasteiger partial charge in [0.2, 0.25) is 11.8 Å². The monoisotopic (exact) mass is 212 g/mol. The fourth-order valence-electron chi connectivity index (χ4n) is 1.78. The lowest BCUT2D eigenvalue weighted by atomic mass is 10.0. The van der Waals surface area contributed by atoms with Gasteiger partial charge in [-0.15, -0.1) is 0 Å². The molecule has 2 amide bonds. The lowest BCUT2D eigenvalue weighted by Gasteiger charge is -2.32. The fourth-order valence-corrected chi connectivity index (χ4v) is 1.78. The molecule has 0 aromatic heterocycles. The standard InChI is InChI=1S/C11H20N2O2/c1-4-9(5-2)7-13-10(14)6-12-8(3)11(13)15/h8-9,12H,4-7H2,1-3H3. The number of hydrogen-bond acceptors (Lipinski definition) is 3. The smallest absolute Gasteiger partial charge is 0.246 e. The minimum Gasteiger partial charge on any atom is -0.298 e. The molecule has 4 nitrogen and oxygen atoms in total. The van der Waals surface area contributed by atoms with Gasteiger partial charge in [0.15, 0.2) is 0 Å². The molecule has 1 saturated heterocycles. The highest BCUT2D eigenvalue weighted by atomic mass is 16.2. The van der Waals surface area contributed by atoms with Gasteiger partial charge in [-0.05, 0) is 12.8 Å². The first-order valence-corrected chi connectivity index (χ1v) is 5.67. The third-order valence-electron chi connectivity index (χ3n) is 3.09. The van der Waals surface area contributed by atoms with Crippen molar-refractivity contribution in [1.29, 1.82) is 0 Å². The second-order valence-electron chi connectivity index (χ2n) is 4.13. The van der Waals surface area contributed by atoms with E-state index in [0.29, 0.717) is 12.5 Å². The van der Waals surface area contributed by atoms with Gasteiger partial charge in [-0.1, -0.05) is 26.7 Å². The summed E-state index contributed by atoms with van der Waals surface area (Å²) in [5.74, 6) is 0.256. The van der Waals surface area contributed by atoms with Crippen LogP contribution in [-0.2, 0) is 9.59 Å². The van der Waals surface area contributed by atoms with Crippen LogP contribution >= 0.6 is 0 Å². The third kappa shape index (κ3) is 2.78. The highest BCUT2D eigenvalue weighted by Crippen LogP contribution is 2.12. The van der Waals surface area contributed by atoms with Crippen molar-refractivity contribution in [2.24, 2.45) is 5.92 Å². The zero-order chi connectivity index (χ0) is 11.4. The van der Waals surface area contributed by atoms with Gasteiger partial charge in [0.25, 0.3) is 0 Å². The number of imide groups is 1. The van der Waals surface area contributed by atoms with Crippen LogP contribution in [-0.4, -0.2) is 35.8 Å². The highest BCUT2D eigenvalue weighted by Gasteiger charge is 2.31. The van der Waals surface area contributed by atoms with E-state index >= 15 is 0 Å². The maximum absolute atomic E-state index is 11.7. The van der Waals surface area contributed by atoms with Crippen molar-refractivity contribution < 1.29 is 9.59 Å². The van der Waals surface area contributed by atoms with E-state index in [-0.39, 0.29) is 24.4 Å². The predicted octanol–water partition coefficient (Wildman–Crippen LogP) is 0.769. The van der Waals surface area contributed by atoms with E-state index in [1.165, 1.54) is 4.90 Å². The van der Waals surface area contributed by atoms with E-state index in [2.05, 4.69) is 19.2 Å². The van der Waals surface area contributed by atoms with E-state index in [9.17, 15) is 9.59 Å². The molecule has 1 aliphatic rings. The maximum atomic E-state index is 11.7. The molecular weight excluding hydrogens is 192 g/mol. The Hall–Kier alpha value is -0.900. The number of amides is 2. The van der Waals surface area contributed by atoms with Crippen molar-refractivity contribution in [1.82, 2.24) is 10.2 Å². The molecule has 0 aliphatic carbocycles. The van der Waals surface area contributed by atoms with Crippen LogP contribution in [0.25, 0.3) is 0 Å². The Labute approximate surface area is 91.0 Å². The lowest BCUT2D eigenvalue weighted by molar-refractivity contribution is -0.149. The van der Waals surface area contributed by atoms with Crippen LogP contribution in [0.15, 0.2) is 0 Å². The summed E-state index contributed by atoms with van der Waals surface area (Å²) in [5, 5.41) is 2.88. The molecular formula is C11H20N2O2. The molecule has 0 aromatic carbocycles. The molecule has 0 spiro atoms. The molecule has 1 unspecified atom stereocenters. The van der Waals surface area contributed by atoms with Crippen LogP contribution in [0.5, 0.6) is 0 Å². The van der Waals surface area contributed by atoms with Crippen molar-refractivity contribution in [3.63, 3.8) is 0 Å². The molecule has 1 N–H and O–H groups in total. The van der Waals surface area contributed by atoms with Crippen LogP contribution in [0, 0.1) is 5.92 Å². The van der Waals surface area contributed by atoms with Crippen molar-refractivity contribution in [3.05, 3.63) is 0 Å². The molecule has 1 aliphatic heterocycles. The van der Waals surface area contributed by atoms with Crippen molar-refractivity contribution >= 4 is 11.8 Å². The number of carbonyl (C=O) groups is 2. The number of hydrogen-bond donors (Lipinski definition) is 1. The summed E-state index contributed by atoms with van der Waals surface area (Å²) in [6.45, 7) is 6.85. The summed E-state index contributed by atoms with van der Waals surface area (Å²) in [4.78, 5) is 24.7. The van der Waals surface area contributed by atoms with Gasteiger partial charge in [-0.3, -0.25) is 19.8 Å². The second kappa shape index (κ2) is 5.26. The van der Waals surface area contributed by atoms with Gasteiger partial charge < -0.3 is 0 Å². The second-order valence-corrected chi connectivity index (χ2v) is 4.13. The average molecular weight is 212 g/mol. The Kier molecular flexibility index (Phi) is 4.27. The normalized spacial score (nSPS) is 22.7. The van der Waals surface area contributed by atoms with Crippen molar-refractivity contribution in [2.45, 2.75) is 39.7 Å². The molecule has 86 valence electrons. The first-order chi connectivity index (χ1) is 7.10. The van der Waals surface area contributed by atoms with Crippen LogP contribution in [0.2, 0.25) is 0 Å². The minimum absolute atomic E-state index is 0.0850. The van der Waals surface area contributed by atoms with Gasteiger partial charge in [0.05, 0.1) is 12.6 Å². The Morgan fingerprint density at radius 2 is 2.00 bits per heavy atom. The Morgan fingerprint density at radius 3 is 2.53 bits per heavy atom. The number of nitrogens with zero attached hydrogens (tertiary/aromatic N) is 1. The summed E-state index contributed by atoms with van der Waals surface area (Å²) in [6.07, 6.45) is 2.02. The lowest BCUT2D eigenvalue weighted by Crippen LogP contribution is -2.57. The molecule has 1 heterocycles. The Balaban J connectivity index is 2.64. The molecule has 15 heavy (non-hydrogen) atoms. The van der Waals surface area contributed by atoms with Gasteiger partial charge in [0.1, 0.15) is 0 Å². The molecule has 4 heteroatoms. The van der Waals surface area contributed by atoms with Crippen molar-refractivity contribution in [2.75, 3.05) is 13.1 Å². The van der Waals surface area contributed by atoms with E-state index in [1.807, 2.05) is 0 Å². The molecule has 1 atom stereocenters. The van der Waals surface area contributed by atoms with Crippen LogP contribution < -0.4 is 5.32 Å². The average Bonchev–Trinajstić information content (AvgIpc) is 2.24. The van der Waals surface area contributed by atoms with Gasteiger partial charge in [-0.2, -0.15) is 0 Å². The number of piperazine rings is 1. The largest absolute Gasteiger partial charge is 0.298 e. The van der Waals surface area contributed by atoms with E-state index in [0.717, 1.165) is 12.8 Å². The van der Waals surface area contributed by atoms with Crippen LogP contribution in [0.4, 0.5) is 0 Å². The third-order valence-corrected chi connectivity index (χ3v) is 3.09. The SMILES string of the molecule is CCC(CC)CN1C(=O)CNC(C)C1=O. The van der Waals surface area contributed by atoms with Gasteiger partial charge in [-0.25, -0.2) is 0 Å². The highest BCUT2D eigenvalue weighted by molar-refractivity contribution is 6.00. The zero-order valence-corrected chi connectivity index (χ0v) is 9.75. The van der Waals surface area contributed by atoms with E-state index in [4.69, 9.17) is 0 Å². The van der Waals surface area contributed by atoms with E-state index in [1.54, 1.807) is 6.92 Å². The summed E-state index contributed by atoms with van der Waals surface area (Å²) in [6, 6.07) is -0.225. The minimum atomic E-state index is -0.225. The molecule has 1 fully saturated rings. The van der Waals surface area contributed by atoms with E-state index < -0.39 is 0 Å². The Bertz CT molecular complexity index is 249. The summed E-state index contributed by atoms with van der Waals surface area (Å²) >= 11 is 0. The fraction of sp³-hybridized carbons (Fsp3) is 0.818. The van der Waals surface area contributed by atoms with Gasteiger partial charge in [0, 0.05) is 6.54 Å². The summed E-state index contributed by atoms with van der Waals surface area (Å²) in [5.41, 5.74) is 0. The quantitative estimate of drug-likeness (QED) is 0.700. The first-order valence-electron chi connectivity index (χ1n) is 5.67. The predicted molar refractivity (Wildman–Crippen MR) is 58.3 cm³/mol. The maximum Gasteiger partial charge on any atom is 0.246 e. The Morgan fingerprint density at radius 1 is 1.40 bits per heavy atom. The van der Waals surface area contributed by atoms with Crippen LogP contribution in [0.3, 0.4) is 0 Å². The summed E-state index contributed by atoms with van der Waals surface area (Å²) in [7, 11) is 0. The molecule has 0 aromatic rings. The number of carbonyl (C=O) groups excluding carboxylic acids is 2. The number of rotatable bonds is 4. The first kappa shape index (κ1) is 12.2. The number of nitrogens with one attached hydrogen (secondary N) is 1. The van der Waals surface area contributed by atoms with Crippen molar-refractivity contribution in [3.8, 4) is 0 Å². The molecule has 0 saturated carbocycles. The van der Waals surface area contributed by atoms with Gasteiger partial charge >= 0.3 is 0 Å².